The van der Waals surface area contributed by atoms with E-state index in [-0.39, 0.29) is 32.0 Å². The second-order valence-electron chi connectivity index (χ2n) is 13.1. The number of nitrogens with two attached hydrogens (primary N) is 1. The molecule has 1 unspecified atom stereocenters. The summed E-state index contributed by atoms with van der Waals surface area (Å²) >= 11 is 0. The fourth-order valence-corrected chi connectivity index (χ4v) is 6.25. The molecule has 2 atom stereocenters. The lowest BCUT2D eigenvalue weighted by Gasteiger charge is -2.25. The van der Waals surface area contributed by atoms with Crippen LogP contribution in [-0.2, 0) is 32.7 Å². The van der Waals surface area contributed by atoms with Crippen molar-refractivity contribution in [1.82, 2.24) is 0 Å². The van der Waals surface area contributed by atoms with Gasteiger partial charge in [-0.3, -0.25) is 14.2 Å². The van der Waals surface area contributed by atoms with E-state index in [1.54, 1.807) is 0 Å². The molecular formula is C37H73NO8P-. The Morgan fingerprint density at radius 2 is 0.957 bits per heavy atom. The molecule has 0 aliphatic rings. The summed E-state index contributed by atoms with van der Waals surface area (Å²) in [4.78, 5) is 37.1. The van der Waals surface area contributed by atoms with Crippen LogP contribution in [0.2, 0.25) is 0 Å². The molecule has 0 fully saturated rings. The van der Waals surface area contributed by atoms with Gasteiger partial charge in [-0.05, 0) is 32.2 Å². The van der Waals surface area contributed by atoms with E-state index >= 15 is 0 Å². The zero-order chi connectivity index (χ0) is 34.7. The molecule has 0 aliphatic heterocycles. The summed E-state index contributed by atoms with van der Waals surface area (Å²) in [7, 11) is -4.59. The molecule has 47 heavy (non-hydrogen) atoms. The Labute approximate surface area is 288 Å². The first-order valence-corrected chi connectivity index (χ1v) is 21.0. The van der Waals surface area contributed by atoms with Crippen LogP contribution in [0.15, 0.2) is 0 Å². The quantitative estimate of drug-likeness (QED) is 0.0383. The molecule has 0 aromatic heterocycles. The van der Waals surface area contributed by atoms with Crippen LogP contribution in [0, 0.1) is 0 Å². The molecule has 280 valence electrons. The van der Waals surface area contributed by atoms with Crippen molar-refractivity contribution in [3.05, 3.63) is 0 Å². The molecule has 0 saturated carbocycles. The number of esters is 2. The number of carbonyl (C=O) groups excluding carboxylic acids is 2. The maximum Gasteiger partial charge on any atom is 0.306 e. The molecule has 0 saturated heterocycles. The highest BCUT2D eigenvalue weighted by atomic mass is 31.2. The van der Waals surface area contributed by atoms with Crippen LogP contribution in [0.1, 0.15) is 194 Å². The molecule has 2 N–H and O–H groups in total. The van der Waals surface area contributed by atoms with E-state index in [1.807, 2.05) is 0 Å². The molecule has 0 bridgehead atoms. The number of rotatable bonds is 37. The smallest absolute Gasteiger partial charge is 0.306 e. The first kappa shape index (κ1) is 46.0. The second-order valence-corrected chi connectivity index (χ2v) is 14.6. The van der Waals surface area contributed by atoms with E-state index in [0.717, 1.165) is 32.1 Å². The molecule has 0 aromatic carbocycles. The standard InChI is InChI=1S/C37H74NO8P/c1-3-5-7-9-11-13-15-16-18-19-21-23-25-29-36(39)43-33-35(34-45-47(41,42)44-32-28-27-31-38)46-37(40)30-26-24-22-20-17-14-12-10-8-6-4-2/h35H,3-34,38H2,1-2H3,(H,41,42)/p-1/t35-/m0/s1. The number of ether oxygens (including phenoxy) is 2. The van der Waals surface area contributed by atoms with Crippen LogP contribution in [0.4, 0.5) is 0 Å². The van der Waals surface area contributed by atoms with Gasteiger partial charge in [0.15, 0.2) is 6.10 Å². The van der Waals surface area contributed by atoms with E-state index < -0.39 is 26.5 Å². The molecule has 0 rings (SSSR count). The SMILES string of the molecule is CCCCCCCCCCCCCCCC(=O)OC[C@@H](COP(=O)([O-])OCCCCN)OC(=O)CCCCCCCCCCCCC. The van der Waals surface area contributed by atoms with E-state index in [2.05, 4.69) is 13.8 Å². The Morgan fingerprint density at radius 3 is 1.38 bits per heavy atom. The minimum Gasteiger partial charge on any atom is -0.756 e. The zero-order valence-corrected chi connectivity index (χ0v) is 31.4. The van der Waals surface area contributed by atoms with Crippen molar-refractivity contribution < 1.29 is 37.6 Å². The van der Waals surface area contributed by atoms with Crippen molar-refractivity contribution in [3.63, 3.8) is 0 Å². The van der Waals surface area contributed by atoms with Crippen molar-refractivity contribution in [2.24, 2.45) is 5.73 Å². The fourth-order valence-electron chi connectivity index (χ4n) is 5.47. The van der Waals surface area contributed by atoms with Crippen LogP contribution in [0.5, 0.6) is 0 Å². The van der Waals surface area contributed by atoms with E-state index in [1.165, 1.54) is 116 Å². The molecular weight excluding hydrogens is 617 g/mol. The lowest BCUT2D eigenvalue weighted by Crippen LogP contribution is -2.30. The number of hydrogen-bond donors (Lipinski definition) is 1. The molecule has 0 aromatic rings. The molecule has 0 heterocycles. The van der Waals surface area contributed by atoms with Crippen LogP contribution in [-0.4, -0.2) is 44.4 Å². The highest BCUT2D eigenvalue weighted by Crippen LogP contribution is 2.38. The molecule has 0 spiro atoms. The van der Waals surface area contributed by atoms with Gasteiger partial charge in [-0.1, -0.05) is 155 Å². The van der Waals surface area contributed by atoms with Crippen LogP contribution >= 0.6 is 7.82 Å². The number of phosphoric ester groups is 1. The van der Waals surface area contributed by atoms with E-state index in [4.69, 9.17) is 24.3 Å². The van der Waals surface area contributed by atoms with Crippen molar-refractivity contribution in [2.45, 2.75) is 200 Å². The number of unbranched alkanes of at least 4 members (excludes halogenated alkanes) is 23. The highest BCUT2D eigenvalue weighted by molar-refractivity contribution is 7.45. The van der Waals surface area contributed by atoms with Gasteiger partial charge >= 0.3 is 11.9 Å². The van der Waals surface area contributed by atoms with Gasteiger partial charge in [-0.15, -0.1) is 0 Å². The largest absolute Gasteiger partial charge is 0.756 e. The Kier molecular flexibility index (Phi) is 34.1. The average molecular weight is 691 g/mol. The van der Waals surface area contributed by atoms with Gasteiger partial charge in [0.2, 0.25) is 0 Å². The zero-order valence-electron chi connectivity index (χ0n) is 30.5. The van der Waals surface area contributed by atoms with Crippen LogP contribution < -0.4 is 10.6 Å². The van der Waals surface area contributed by atoms with Gasteiger partial charge in [-0.25, -0.2) is 0 Å². The Hall–Kier alpha value is -0.990. The monoisotopic (exact) mass is 691 g/mol. The summed E-state index contributed by atoms with van der Waals surface area (Å²) in [6, 6.07) is 0. The fraction of sp³-hybridized carbons (Fsp3) is 0.946. The van der Waals surface area contributed by atoms with Crippen LogP contribution in [0.3, 0.4) is 0 Å². The Balaban J connectivity index is 4.31. The Morgan fingerprint density at radius 1 is 0.553 bits per heavy atom. The van der Waals surface area contributed by atoms with Gasteiger partial charge in [0, 0.05) is 12.8 Å². The van der Waals surface area contributed by atoms with Crippen molar-refractivity contribution in [2.75, 3.05) is 26.4 Å². The van der Waals surface area contributed by atoms with Gasteiger partial charge < -0.3 is 29.1 Å². The normalized spacial score (nSPS) is 13.4. The maximum atomic E-state index is 12.5. The molecule has 0 radical (unpaired) electrons. The number of hydrogen-bond acceptors (Lipinski definition) is 9. The summed E-state index contributed by atoms with van der Waals surface area (Å²) < 4.78 is 32.8. The summed E-state index contributed by atoms with van der Waals surface area (Å²) in [5.41, 5.74) is 5.43. The third-order valence-corrected chi connectivity index (χ3v) is 9.43. The minimum absolute atomic E-state index is 0.0323. The third-order valence-electron chi connectivity index (χ3n) is 8.46. The first-order chi connectivity index (χ1) is 22.8. The van der Waals surface area contributed by atoms with E-state index in [9.17, 15) is 19.0 Å². The summed E-state index contributed by atoms with van der Waals surface area (Å²) in [6.45, 7) is 4.16. The minimum atomic E-state index is -4.59. The van der Waals surface area contributed by atoms with Gasteiger partial charge in [0.25, 0.3) is 7.82 Å². The number of phosphoric acid groups is 1. The molecule has 0 aliphatic carbocycles. The lowest BCUT2D eigenvalue weighted by atomic mass is 10.0. The summed E-state index contributed by atoms with van der Waals surface area (Å²) in [6.07, 6.45) is 29.4. The van der Waals surface area contributed by atoms with Crippen molar-refractivity contribution in [3.8, 4) is 0 Å². The van der Waals surface area contributed by atoms with Crippen molar-refractivity contribution >= 4 is 19.8 Å². The van der Waals surface area contributed by atoms with Crippen molar-refractivity contribution in [1.29, 1.82) is 0 Å². The van der Waals surface area contributed by atoms with Gasteiger partial charge in [0.05, 0.1) is 13.2 Å². The second kappa shape index (κ2) is 34.9. The summed E-state index contributed by atoms with van der Waals surface area (Å²) in [5, 5.41) is 0. The van der Waals surface area contributed by atoms with Gasteiger partial charge in [-0.2, -0.15) is 0 Å². The van der Waals surface area contributed by atoms with E-state index in [0.29, 0.717) is 25.8 Å². The lowest BCUT2D eigenvalue weighted by molar-refractivity contribution is -0.228. The molecule has 0 amide bonds. The topological polar surface area (TPSA) is 137 Å². The van der Waals surface area contributed by atoms with Gasteiger partial charge in [0.1, 0.15) is 6.61 Å². The predicted octanol–water partition coefficient (Wildman–Crippen LogP) is 9.86. The third kappa shape index (κ3) is 34.7. The molecule has 9 nitrogen and oxygen atoms in total. The Bertz CT molecular complexity index is 754. The first-order valence-electron chi connectivity index (χ1n) is 19.5. The molecule has 10 heteroatoms. The number of carbonyl (C=O) groups is 2. The maximum absolute atomic E-state index is 12.5. The highest BCUT2D eigenvalue weighted by Gasteiger charge is 2.21. The average Bonchev–Trinajstić information content (AvgIpc) is 3.05. The predicted molar refractivity (Wildman–Crippen MR) is 190 cm³/mol. The summed E-state index contributed by atoms with van der Waals surface area (Å²) in [5.74, 6) is -0.838. The van der Waals surface area contributed by atoms with Crippen LogP contribution in [0.25, 0.3) is 0 Å².